The zero-order chi connectivity index (χ0) is 17.3. The fourth-order valence-electron chi connectivity index (χ4n) is 4.07. The lowest BCUT2D eigenvalue weighted by Gasteiger charge is -2.11. The van der Waals surface area contributed by atoms with E-state index in [1.807, 2.05) is 23.5 Å². The van der Waals surface area contributed by atoms with Crippen LogP contribution in [0.4, 0.5) is 0 Å². The van der Waals surface area contributed by atoms with Gasteiger partial charge in [0.1, 0.15) is 5.15 Å². The van der Waals surface area contributed by atoms with Crippen molar-refractivity contribution in [3.8, 4) is 0 Å². The van der Waals surface area contributed by atoms with Gasteiger partial charge in [-0.2, -0.15) is 0 Å². The molecule has 0 radical (unpaired) electrons. The summed E-state index contributed by atoms with van der Waals surface area (Å²) in [5, 5.41) is 9.05. The molecular formula is C23H12ClNS. The number of halogens is 1. The smallest absolute Gasteiger partial charge is 0.138 e. The standard InChI is InChI=1S/C23H12ClNS/c24-23-21-14-8-2-1-7-13(14)19-16-10-4-6-12-18(16)26-22(19)20(21)15-9-3-5-11-17(15)25-23/h1-12H. The average molecular weight is 370 g/mol. The lowest BCUT2D eigenvalue weighted by atomic mass is 9.96. The van der Waals surface area contributed by atoms with Crippen LogP contribution in [0.15, 0.2) is 72.8 Å². The number of nitrogens with zero attached hydrogens (tertiary/aromatic N) is 1. The molecule has 0 aliphatic carbocycles. The second-order valence-corrected chi connectivity index (χ2v) is 7.93. The summed E-state index contributed by atoms with van der Waals surface area (Å²) in [7, 11) is 0. The normalized spacial score (nSPS) is 12.0. The Bertz CT molecular complexity index is 1500. The number of rotatable bonds is 0. The molecule has 6 aromatic rings. The molecule has 0 N–H and O–H groups in total. The Balaban J connectivity index is 2.10. The molecule has 0 aliphatic rings. The molecule has 0 atom stereocenters. The van der Waals surface area contributed by atoms with Gasteiger partial charge >= 0.3 is 0 Å². The molecule has 0 saturated carbocycles. The third kappa shape index (κ3) is 1.78. The van der Waals surface area contributed by atoms with Crippen molar-refractivity contribution in [2.75, 3.05) is 0 Å². The number of benzene rings is 4. The maximum atomic E-state index is 6.71. The lowest BCUT2D eigenvalue weighted by molar-refractivity contribution is 1.45. The number of hydrogen-bond donors (Lipinski definition) is 0. The molecule has 4 aromatic carbocycles. The van der Waals surface area contributed by atoms with Gasteiger partial charge in [-0.25, -0.2) is 4.98 Å². The van der Waals surface area contributed by atoms with Gasteiger partial charge in [0.05, 0.1) is 5.52 Å². The lowest BCUT2D eigenvalue weighted by Crippen LogP contribution is -1.87. The number of pyridine rings is 1. The third-order valence-electron chi connectivity index (χ3n) is 5.14. The molecule has 0 bridgehead atoms. The summed E-state index contributed by atoms with van der Waals surface area (Å²) in [6.07, 6.45) is 0. The largest absolute Gasteiger partial charge is 0.235 e. The molecule has 2 heterocycles. The van der Waals surface area contributed by atoms with Gasteiger partial charge in [-0.05, 0) is 22.9 Å². The average Bonchev–Trinajstić information content (AvgIpc) is 3.07. The van der Waals surface area contributed by atoms with Gasteiger partial charge in [-0.15, -0.1) is 11.3 Å². The second-order valence-electron chi connectivity index (χ2n) is 6.52. The van der Waals surface area contributed by atoms with Gasteiger partial charge in [0.15, 0.2) is 0 Å². The Morgan fingerprint density at radius 3 is 2.04 bits per heavy atom. The van der Waals surface area contributed by atoms with Crippen molar-refractivity contribution < 1.29 is 0 Å². The zero-order valence-electron chi connectivity index (χ0n) is 13.7. The maximum Gasteiger partial charge on any atom is 0.138 e. The van der Waals surface area contributed by atoms with E-state index in [1.165, 1.54) is 36.3 Å². The van der Waals surface area contributed by atoms with Crippen LogP contribution >= 0.6 is 22.9 Å². The summed E-state index contributed by atoms with van der Waals surface area (Å²) >= 11 is 8.55. The highest BCUT2D eigenvalue weighted by molar-refractivity contribution is 7.27. The predicted molar refractivity (Wildman–Crippen MR) is 115 cm³/mol. The Labute approximate surface area is 158 Å². The first-order chi connectivity index (χ1) is 12.8. The van der Waals surface area contributed by atoms with Gasteiger partial charge in [-0.3, -0.25) is 0 Å². The second kappa shape index (κ2) is 5.16. The van der Waals surface area contributed by atoms with E-state index in [0.29, 0.717) is 5.15 Å². The van der Waals surface area contributed by atoms with Crippen LogP contribution in [-0.4, -0.2) is 4.98 Å². The van der Waals surface area contributed by atoms with Crippen LogP contribution in [0.1, 0.15) is 0 Å². The summed E-state index contributed by atoms with van der Waals surface area (Å²) in [5.74, 6) is 0. The molecule has 1 nitrogen and oxygen atoms in total. The molecule has 3 heteroatoms. The SMILES string of the molecule is Clc1nc2ccccc2c2c3sc4ccccc4c3c3ccccc3c12. The number of para-hydroxylation sites is 1. The summed E-state index contributed by atoms with van der Waals surface area (Å²) in [6, 6.07) is 25.5. The highest BCUT2D eigenvalue weighted by atomic mass is 35.5. The van der Waals surface area contributed by atoms with E-state index < -0.39 is 0 Å². The summed E-state index contributed by atoms with van der Waals surface area (Å²) in [6.45, 7) is 0. The molecule has 0 aliphatic heterocycles. The fourth-order valence-corrected chi connectivity index (χ4v) is 5.64. The topological polar surface area (TPSA) is 12.9 Å². The van der Waals surface area contributed by atoms with Gasteiger partial charge < -0.3 is 0 Å². The zero-order valence-corrected chi connectivity index (χ0v) is 15.2. The highest BCUT2D eigenvalue weighted by Gasteiger charge is 2.18. The molecule has 0 unspecified atom stereocenters. The van der Waals surface area contributed by atoms with Crippen molar-refractivity contribution in [1.82, 2.24) is 4.98 Å². The van der Waals surface area contributed by atoms with Gasteiger partial charge in [-0.1, -0.05) is 72.3 Å². The first kappa shape index (κ1) is 14.5. The molecule has 2 aromatic heterocycles. The van der Waals surface area contributed by atoms with Crippen LogP contribution in [0.3, 0.4) is 0 Å². The van der Waals surface area contributed by atoms with Crippen molar-refractivity contribution in [3.05, 3.63) is 77.9 Å². The van der Waals surface area contributed by atoms with Crippen LogP contribution in [-0.2, 0) is 0 Å². The van der Waals surface area contributed by atoms with Crippen LogP contribution in [0.2, 0.25) is 5.15 Å². The van der Waals surface area contributed by atoms with E-state index in [-0.39, 0.29) is 0 Å². The molecule has 0 fully saturated rings. The van der Waals surface area contributed by atoms with Crippen LogP contribution in [0.25, 0.3) is 52.6 Å². The van der Waals surface area contributed by atoms with Gasteiger partial charge in [0.25, 0.3) is 0 Å². The first-order valence-electron chi connectivity index (χ1n) is 8.53. The minimum atomic E-state index is 0.578. The van der Waals surface area contributed by atoms with Gasteiger partial charge in [0, 0.05) is 36.3 Å². The minimum absolute atomic E-state index is 0.578. The van der Waals surface area contributed by atoms with E-state index >= 15 is 0 Å². The van der Waals surface area contributed by atoms with Crippen molar-refractivity contribution in [1.29, 1.82) is 0 Å². The maximum absolute atomic E-state index is 6.71. The van der Waals surface area contributed by atoms with Gasteiger partial charge in [0.2, 0.25) is 0 Å². The van der Waals surface area contributed by atoms with Crippen molar-refractivity contribution in [2.24, 2.45) is 0 Å². The Kier molecular flexibility index (Phi) is 2.88. The van der Waals surface area contributed by atoms with E-state index in [2.05, 4.69) is 65.6 Å². The Hall–Kier alpha value is -2.68. The summed E-state index contributed by atoms with van der Waals surface area (Å²) < 4.78 is 2.59. The minimum Gasteiger partial charge on any atom is -0.235 e. The molecular weight excluding hydrogens is 358 g/mol. The summed E-state index contributed by atoms with van der Waals surface area (Å²) in [5.41, 5.74) is 0.944. The van der Waals surface area contributed by atoms with Crippen molar-refractivity contribution in [3.63, 3.8) is 0 Å². The Morgan fingerprint density at radius 1 is 0.615 bits per heavy atom. The molecule has 0 spiro atoms. The van der Waals surface area contributed by atoms with Crippen LogP contribution in [0.5, 0.6) is 0 Å². The highest BCUT2D eigenvalue weighted by Crippen LogP contribution is 2.47. The summed E-state index contributed by atoms with van der Waals surface area (Å²) in [4.78, 5) is 4.68. The quantitative estimate of drug-likeness (QED) is 0.199. The molecule has 0 saturated heterocycles. The Morgan fingerprint density at radius 2 is 1.23 bits per heavy atom. The van der Waals surface area contributed by atoms with Crippen LogP contribution < -0.4 is 0 Å². The monoisotopic (exact) mass is 369 g/mol. The van der Waals surface area contributed by atoms with E-state index in [0.717, 1.165) is 16.3 Å². The molecule has 0 amide bonds. The van der Waals surface area contributed by atoms with Crippen LogP contribution in [0, 0.1) is 0 Å². The molecule has 122 valence electrons. The predicted octanol–water partition coefficient (Wildman–Crippen LogP) is 7.56. The fraction of sp³-hybridized carbons (Fsp3) is 0. The first-order valence-corrected chi connectivity index (χ1v) is 9.72. The molecule has 6 rings (SSSR count). The van der Waals surface area contributed by atoms with E-state index in [1.54, 1.807) is 0 Å². The van der Waals surface area contributed by atoms with Crippen molar-refractivity contribution in [2.45, 2.75) is 0 Å². The van der Waals surface area contributed by atoms with E-state index in [4.69, 9.17) is 11.6 Å². The third-order valence-corrected chi connectivity index (χ3v) is 6.60. The number of hydrogen-bond acceptors (Lipinski definition) is 2. The van der Waals surface area contributed by atoms with E-state index in [9.17, 15) is 0 Å². The number of aromatic nitrogens is 1. The number of fused-ring (bicyclic) bond motifs is 10. The molecule has 26 heavy (non-hydrogen) atoms. The number of thiophene rings is 1. The van der Waals surface area contributed by atoms with Crippen molar-refractivity contribution >= 4 is 75.6 Å².